The van der Waals surface area contributed by atoms with Gasteiger partial charge in [-0.05, 0) is 38.0 Å². The summed E-state index contributed by atoms with van der Waals surface area (Å²) >= 11 is 0. The zero-order valence-electron chi connectivity index (χ0n) is 10.4. The molecule has 1 saturated carbocycles. The van der Waals surface area contributed by atoms with E-state index in [9.17, 15) is 17.6 Å². The van der Waals surface area contributed by atoms with Crippen molar-refractivity contribution in [3.63, 3.8) is 0 Å². The number of hydrogen-bond acceptors (Lipinski definition) is 2. The lowest BCUT2D eigenvalue weighted by Crippen LogP contribution is -2.41. The Labute approximate surface area is 108 Å². The highest BCUT2D eigenvalue weighted by Crippen LogP contribution is 2.33. The van der Waals surface area contributed by atoms with Crippen molar-refractivity contribution < 1.29 is 22.3 Å². The molecule has 0 heterocycles. The molecule has 1 aromatic carbocycles. The first-order valence-electron chi connectivity index (χ1n) is 6.15. The lowest BCUT2D eigenvalue weighted by atomic mass is 9.89. The van der Waals surface area contributed by atoms with Crippen molar-refractivity contribution in [1.82, 2.24) is 0 Å². The number of nitrogens with one attached hydrogen (secondary N) is 1. The van der Waals surface area contributed by atoms with Crippen LogP contribution in [0.15, 0.2) is 18.2 Å². The third-order valence-corrected chi connectivity index (χ3v) is 3.15. The van der Waals surface area contributed by atoms with Crippen LogP contribution in [0.4, 0.5) is 23.2 Å². The van der Waals surface area contributed by atoms with E-state index in [0.717, 1.165) is 18.2 Å². The molecule has 2 rings (SSSR count). The molecule has 2 nitrogen and oxygen atoms in total. The molecule has 106 valence electrons. The third kappa shape index (κ3) is 3.37. The highest BCUT2D eigenvalue weighted by molar-refractivity contribution is 5.49. The quantitative estimate of drug-likeness (QED) is 0.845. The van der Waals surface area contributed by atoms with Crippen LogP contribution in [-0.4, -0.2) is 18.8 Å². The van der Waals surface area contributed by atoms with Gasteiger partial charge in [-0.15, -0.1) is 0 Å². The molecule has 1 aromatic rings. The van der Waals surface area contributed by atoms with Gasteiger partial charge in [0.2, 0.25) is 0 Å². The van der Waals surface area contributed by atoms with Crippen LogP contribution in [0.25, 0.3) is 0 Å². The molecule has 1 fully saturated rings. The minimum atomic E-state index is -4.46. The molecule has 0 bridgehead atoms. The van der Waals surface area contributed by atoms with E-state index in [1.165, 1.54) is 0 Å². The van der Waals surface area contributed by atoms with Crippen LogP contribution in [0.5, 0.6) is 0 Å². The Morgan fingerprint density at radius 3 is 2.58 bits per heavy atom. The van der Waals surface area contributed by atoms with E-state index in [1.54, 1.807) is 0 Å². The molecule has 0 aliphatic heterocycles. The lowest BCUT2D eigenvalue weighted by Gasteiger charge is -2.36. The van der Waals surface area contributed by atoms with E-state index < -0.39 is 17.6 Å². The third-order valence-electron chi connectivity index (χ3n) is 3.15. The summed E-state index contributed by atoms with van der Waals surface area (Å²) in [7, 11) is 0. The van der Waals surface area contributed by atoms with Gasteiger partial charge in [0.1, 0.15) is 5.82 Å². The first kappa shape index (κ1) is 14.1. The standard InChI is InChI=1S/C13H15F4NO/c1-2-19-10-6-9(7-10)18-12-5-8(13(15,16)17)3-4-11(12)14/h3-5,9-10,18H,2,6-7H2,1H3. The predicted molar refractivity (Wildman–Crippen MR) is 63.5 cm³/mol. The summed E-state index contributed by atoms with van der Waals surface area (Å²) in [6.07, 6.45) is -2.97. The van der Waals surface area contributed by atoms with Gasteiger partial charge in [-0.1, -0.05) is 0 Å². The van der Waals surface area contributed by atoms with Crippen molar-refractivity contribution >= 4 is 5.69 Å². The molecule has 1 N–H and O–H groups in total. The molecule has 19 heavy (non-hydrogen) atoms. The van der Waals surface area contributed by atoms with Crippen molar-refractivity contribution in [2.75, 3.05) is 11.9 Å². The van der Waals surface area contributed by atoms with Crippen LogP contribution in [0.1, 0.15) is 25.3 Å². The van der Waals surface area contributed by atoms with Crippen molar-refractivity contribution in [3.8, 4) is 0 Å². The molecule has 0 spiro atoms. The largest absolute Gasteiger partial charge is 0.416 e. The molecule has 0 unspecified atom stereocenters. The Kier molecular flexibility index (Phi) is 3.99. The predicted octanol–water partition coefficient (Wildman–Crippen LogP) is 3.82. The number of ether oxygens (including phenoxy) is 1. The van der Waals surface area contributed by atoms with Crippen LogP contribution < -0.4 is 5.32 Å². The number of anilines is 1. The maximum absolute atomic E-state index is 13.5. The summed E-state index contributed by atoms with van der Waals surface area (Å²) in [4.78, 5) is 0. The summed E-state index contributed by atoms with van der Waals surface area (Å²) in [5, 5.41) is 2.79. The Balaban J connectivity index is 2.01. The topological polar surface area (TPSA) is 21.3 Å². The molecule has 1 aliphatic carbocycles. The molecular formula is C13H15F4NO. The van der Waals surface area contributed by atoms with Gasteiger partial charge in [0, 0.05) is 12.6 Å². The van der Waals surface area contributed by atoms with Crippen molar-refractivity contribution in [1.29, 1.82) is 0 Å². The van der Waals surface area contributed by atoms with Crippen LogP contribution in [0.3, 0.4) is 0 Å². The van der Waals surface area contributed by atoms with Crippen LogP contribution in [0, 0.1) is 5.82 Å². The normalized spacial score (nSPS) is 23.0. The van der Waals surface area contributed by atoms with Crippen molar-refractivity contribution in [2.45, 2.75) is 38.1 Å². The van der Waals surface area contributed by atoms with Gasteiger partial charge >= 0.3 is 6.18 Å². The second-order valence-electron chi connectivity index (χ2n) is 4.58. The summed E-state index contributed by atoms with van der Waals surface area (Å²) in [6.45, 7) is 2.49. The van der Waals surface area contributed by atoms with Gasteiger partial charge < -0.3 is 10.1 Å². The lowest BCUT2D eigenvalue weighted by molar-refractivity contribution is -0.137. The fraction of sp³-hybridized carbons (Fsp3) is 0.538. The molecule has 0 atom stereocenters. The van der Waals surface area contributed by atoms with E-state index >= 15 is 0 Å². The maximum Gasteiger partial charge on any atom is 0.416 e. The van der Waals surface area contributed by atoms with Crippen LogP contribution >= 0.6 is 0 Å². The molecular weight excluding hydrogens is 262 g/mol. The molecule has 0 aromatic heterocycles. The Hall–Kier alpha value is -1.30. The number of alkyl halides is 3. The van der Waals surface area contributed by atoms with Gasteiger partial charge in [-0.2, -0.15) is 13.2 Å². The van der Waals surface area contributed by atoms with E-state index in [0.29, 0.717) is 19.4 Å². The highest BCUT2D eigenvalue weighted by Gasteiger charge is 2.33. The van der Waals surface area contributed by atoms with E-state index in [-0.39, 0.29) is 17.8 Å². The Bertz CT molecular complexity index is 441. The number of benzene rings is 1. The fourth-order valence-corrected chi connectivity index (χ4v) is 2.09. The molecule has 0 saturated heterocycles. The summed E-state index contributed by atoms with van der Waals surface area (Å²) in [6, 6.07) is 2.35. The summed E-state index contributed by atoms with van der Waals surface area (Å²) in [5.74, 6) is -0.673. The summed E-state index contributed by atoms with van der Waals surface area (Å²) < 4.78 is 56.4. The number of hydrogen-bond donors (Lipinski definition) is 1. The smallest absolute Gasteiger partial charge is 0.380 e. The molecule has 1 aliphatic rings. The fourth-order valence-electron chi connectivity index (χ4n) is 2.09. The minimum absolute atomic E-state index is 0.0328. The number of halogens is 4. The SMILES string of the molecule is CCOC1CC(Nc2cc(C(F)(F)F)ccc2F)C1. The zero-order chi connectivity index (χ0) is 14.0. The molecule has 0 radical (unpaired) electrons. The average Bonchev–Trinajstić information content (AvgIpc) is 2.27. The van der Waals surface area contributed by atoms with Crippen LogP contribution in [-0.2, 0) is 10.9 Å². The molecule has 0 amide bonds. The first-order valence-corrected chi connectivity index (χ1v) is 6.15. The Morgan fingerprint density at radius 2 is 2.00 bits per heavy atom. The van der Waals surface area contributed by atoms with E-state index in [2.05, 4.69) is 5.32 Å². The van der Waals surface area contributed by atoms with E-state index in [4.69, 9.17) is 4.74 Å². The molecule has 6 heteroatoms. The van der Waals surface area contributed by atoms with Crippen LogP contribution in [0.2, 0.25) is 0 Å². The summed E-state index contributed by atoms with van der Waals surface area (Å²) in [5.41, 5.74) is -0.952. The van der Waals surface area contributed by atoms with Crippen molar-refractivity contribution in [2.24, 2.45) is 0 Å². The minimum Gasteiger partial charge on any atom is -0.380 e. The second-order valence-corrected chi connectivity index (χ2v) is 4.58. The monoisotopic (exact) mass is 277 g/mol. The van der Waals surface area contributed by atoms with E-state index in [1.807, 2.05) is 6.92 Å². The van der Waals surface area contributed by atoms with Gasteiger partial charge in [-0.25, -0.2) is 4.39 Å². The van der Waals surface area contributed by atoms with Crippen molar-refractivity contribution in [3.05, 3.63) is 29.6 Å². The average molecular weight is 277 g/mol. The van der Waals surface area contributed by atoms with Gasteiger partial charge in [0.05, 0.1) is 17.4 Å². The second kappa shape index (κ2) is 5.36. The number of rotatable bonds is 4. The Morgan fingerprint density at radius 1 is 1.32 bits per heavy atom. The first-order chi connectivity index (χ1) is 8.90. The van der Waals surface area contributed by atoms with Gasteiger partial charge in [-0.3, -0.25) is 0 Å². The maximum atomic E-state index is 13.5. The zero-order valence-corrected chi connectivity index (χ0v) is 10.4. The van der Waals surface area contributed by atoms with Gasteiger partial charge in [0.25, 0.3) is 0 Å². The van der Waals surface area contributed by atoms with Gasteiger partial charge in [0.15, 0.2) is 0 Å². The highest BCUT2D eigenvalue weighted by atomic mass is 19.4.